The zero-order valence-electron chi connectivity index (χ0n) is 26.9. The largest absolute Gasteiger partial charge is 0.456 e. The molecule has 0 spiro atoms. The lowest BCUT2D eigenvalue weighted by atomic mass is 9.82. The molecular weight excluding hydrogens is 597 g/mol. The fourth-order valence-corrected chi connectivity index (χ4v) is 7.87. The molecule has 0 bridgehead atoms. The predicted molar refractivity (Wildman–Crippen MR) is 205 cm³/mol. The molecule has 0 aliphatic heterocycles. The van der Waals surface area contributed by atoms with Crippen molar-refractivity contribution in [2.45, 2.75) is 12.8 Å². The molecule has 2 aromatic heterocycles. The molecule has 2 heterocycles. The molecule has 1 aliphatic rings. The van der Waals surface area contributed by atoms with Crippen molar-refractivity contribution in [2.75, 3.05) is 5.32 Å². The van der Waals surface area contributed by atoms with E-state index in [9.17, 15) is 0 Å². The van der Waals surface area contributed by atoms with Crippen molar-refractivity contribution < 1.29 is 4.42 Å². The second kappa shape index (κ2) is 11.1. The smallest absolute Gasteiger partial charge is 0.137 e. The van der Waals surface area contributed by atoms with Gasteiger partial charge in [-0.3, -0.25) is 0 Å². The maximum Gasteiger partial charge on any atom is 0.137 e. The van der Waals surface area contributed by atoms with Gasteiger partial charge in [0.15, 0.2) is 0 Å². The fourth-order valence-electron chi connectivity index (χ4n) is 7.87. The number of rotatable bonds is 5. The summed E-state index contributed by atoms with van der Waals surface area (Å²) in [6, 6.07) is 56.4. The van der Waals surface area contributed by atoms with E-state index in [0.29, 0.717) is 0 Å². The molecule has 3 heteroatoms. The number of hydrogen-bond acceptors (Lipinski definition) is 2. The van der Waals surface area contributed by atoms with Gasteiger partial charge in [-0.1, -0.05) is 109 Å². The highest BCUT2D eigenvalue weighted by atomic mass is 16.3. The average Bonchev–Trinajstić information content (AvgIpc) is 3.71. The first kappa shape index (κ1) is 27.8. The third-order valence-corrected chi connectivity index (χ3v) is 10.1. The molecule has 0 saturated carbocycles. The quantitative estimate of drug-likeness (QED) is 0.206. The Morgan fingerprint density at radius 1 is 0.551 bits per heavy atom. The maximum atomic E-state index is 6.51. The summed E-state index contributed by atoms with van der Waals surface area (Å²) in [6.45, 7) is 0. The Morgan fingerprint density at radius 3 is 2.08 bits per heavy atom. The van der Waals surface area contributed by atoms with E-state index in [0.717, 1.165) is 51.8 Å². The third-order valence-electron chi connectivity index (χ3n) is 10.1. The lowest BCUT2D eigenvalue weighted by Gasteiger charge is -2.22. The molecule has 1 aliphatic carbocycles. The van der Waals surface area contributed by atoms with Crippen molar-refractivity contribution in [3.8, 4) is 16.8 Å². The van der Waals surface area contributed by atoms with Crippen LogP contribution < -0.4 is 5.32 Å². The number of hydrogen-bond donors (Lipinski definition) is 1. The molecule has 232 valence electrons. The van der Waals surface area contributed by atoms with Gasteiger partial charge in [0.2, 0.25) is 0 Å². The van der Waals surface area contributed by atoms with Gasteiger partial charge in [-0.15, -0.1) is 0 Å². The van der Waals surface area contributed by atoms with E-state index in [1.165, 1.54) is 55.2 Å². The van der Waals surface area contributed by atoms with Crippen LogP contribution in [0.2, 0.25) is 0 Å². The van der Waals surface area contributed by atoms with Crippen molar-refractivity contribution >= 4 is 60.7 Å². The van der Waals surface area contributed by atoms with Gasteiger partial charge in [0, 0.05) is 33.6 Å². The van der Waals surface area contributed by atoms with E-state index in [2.05, 4.69) is 174 Å². The Balaban J connectivity index is 1.01. The summed E-state index contributed by atoms with van der Waals surface area (Å²) >= 11 is 0. The zero-order chi connectivity index (χ0) is 32.3. The Kier molecular flexibility index (Phi) is 6.31. The molecular formula is C46H32N2O. The Morgan fingerprint density at radius 2 is 1.29 bits per heavy atom. The van der Waals surface area contributed by atoms with Gasteiger partial charge in [0.05, 0.1) is 22.1 Å². The second-order valence-corrected chi connectivity index (χ2v) is 12.9. The molecule has 0 radical (unpaired) electrons. The number of para-hydroxylation sites is 2. The van der Waals surface area contributed by atoms with E-state index < -0.39 is 0 Å². The molecule has 0 unspecified atom stereocenters. The Hall–Kier alpha value is -6.32. The predicted octanol–water partition coefficient (Wildman–Crippen LogP) is 12.5. The van der Waals surface area contributed by atoms with Crippen LogP contribution in [-0.4, -0.2) is 4.57 Å². The van der Waals surface area contributed by atoms with Crippen molar-refractivity contribution in [2.24, 2.45) is 0 Å². The number of anilines is 2. The Bertz CT molecular complexity index is 2670. The van der Waals surface area contributed by atoms with Crippen LogP contribution in [0.15, 0.2) is 168 Å². The van der Waals surface area contributed by atoms with Crippen LogP contribution in [0.5, 0.6) is 0 Å². The van der Waals surface area contributed by atoms with Crippen molar-refractivity contribution in [1.29, 1.82) is 0 Å². The van der Waals surface area contributed by atoms with E-state index in [-0.39, 0.29) is 0 Å². The minimum Gasteiger partial charge on any atom is -0.456 e. The van der Waals surface area contributed by atoms with Gasteiger partial charge >= 0.3 is 0 Å². The first-order chi connectivity index (χ1) is 24.3. The van der Waals surface area contributed by atoms with E-state index in [1.54, 1.807) is 0 Å². The van der Waals surface area contributed by atoms with Crippen LogP contribution in [0.3, 0.4) is 0 Å². The summed E-state index contributed by atoms with van der Waals surface area (Å²) in [5.74, 6) is 0. The molecule has 9 aromatic rings. The van der Waals surface area contributed by atoms with Crippen LogP contribution in [0.4, 0.5) is 11.4 Å². The Labute approximate surface area is 284 Å². The van der Waals surface area contributed by atoms with Gasteiger partial charge in [0.1, 0.15) is 11.2 Å². The fraction of sp³-hybridized carbons (Fsp3) is 0.0435. The molecule has 1 N–H and O–H groups in total. The number of allylic oxidation sites excluding steroid dienone is 1. The van der Waals surface area contributed by atoms with Crippen LogP contribution in [0.1, 0.15) is 23.1 Å². The van der Waals surface area contributed by atoms with E-state index in [1.807, 2.05) is 0 Å². The molecule has 3 nitrogen and oxygen atoms in total. The summed E-state index contributed by atoms with van der Waals surface area (Å²) in [4.78, 5) is 0. The number of nitrogens with one attached hydrogen (secondary N) is 1. The van der Waals surface area contributed by atoms with Crippen LogP contribution in [0, 0.1) is 0 Å². The number of aryl methyl sites for hydroxylation is 1. The first-order valence-electron chi connectivity index (χ1n) is 17.0. The molecule has 49 heavy (non-hydrogen) atoms. The van der Waals surface area contributed by atoms with Gasteiger partial charge in [-0.25, -0.2) is 0 Å². The summed E-state index contributed by atoms with van der Waals surface area (Å²) in [5.41, 5.74) is 15.1. The zero-order valence-corrected chi connectivity index (χ0v) is 26.9. The van der Waals surface area contributed by atoms with Crippen molar-refractivity contribution in [1.82, 2.24) is 4.57 Å². The molecule has 7 aromatic carbocycles. The third kappa shape index (κ3) is 4.51. The van der Waals surface area contributed by atoms with Gasteiger partial charge in [-0.05, 0) is 94.8 Å². The molecule has 0 fully saturated rings. The number of nitrogens with zero attached hydrogens (tertiary/aromatic N) is 1. The second-order valence-electron chi connectivity index (χ2n) is 12.9. The van der Waals surface area contributed by atoms with Crippen LogP contribution in [-0.2, 0) is 6.42 Å². The standard InChI is InChI=1S/C46H32N2O/c1-2-11-30(12-3-1)35-17-8-13-32-14-9-18-36(45(32)35)31-23-25-33(26-24-31)47-40-19-10-22-43-46(40)39-28-27-34(29-44(39)49-43)48-41-20-6-4-15-37(41)38-16-5-7-21-42(38)48/h1-7,9-12,14-29,47H,8,13H2. The van der Waals surface area contributed by atoms with Crippen LogP contribution >= 0.6 is 0 Å². The summed E-state index contributed by atoms with van der Waals surface area (Å²) in [6.07, 6.45) is 4.54. The van der Waals surface area contributed by atoms with Crippen molar-refractivity contribution in [3.63, 3.8) is 0 Å². The highest BCUT2D eigenvalue weighted by Gasteiger charge is 2.19. The maximum absolute atomic E-state index is 6.51. The highest BCUT2D eigenvalue weighted by Crippen LogP contribution is 2.41. The van der Waals surface area contributed by atoms with E-state index >= 15 is 0 Å². The van der Waals surface area contributed by atoms with Gasteiger partial charge < -0.3 is 14.3 Å². The monoisotopic (exact) mass is 628 g/mol. The summed E-state index contributed by atoms with van der Waals surface area (Å²) in [5, 5.41) is 8.40. The van der Waals surface area contributed by atoms with Gasteiger partial charge in [0.25, 0.3) is 0 Å². The first-order valence-corrected chi connectivity index (χ1v) is 17.0. The normalized spacial score (nSPS) is 12.9. The summed E-state index contributed by atoms with van der Waals surface area (Å²) in [7, 11) is 0. The lowest BCUT2D eigenvalue weighted by Crippen LogP contribution is -2.03. The minimum atomic E-state index is 0.868. The molecule has 0 amide bonds. The molecule has 0 atom stereocenters. The number of furan rings is 1. The SMILES string of the molecule is C1=C(c2ccccc2)c2c(cccc2-c2ccc(Nc3cccc4oc5cc(-n6c7ccccc7c7ccccc76)ccc5c34)cc2)CC1. The number of aromatic nitrogens is 1. The van der Waals surface area contributed by atoms with Gasteiger partial charge in [-0.2, -0.15) is 0 Å². The van der Waals surface area contributed by atoms with Crippen LogP contribution in [0.25, 0.3) is 66.1 Å². The highest BCUT2D eigenvalue weighted by molar-refractivity contribution is 6.13. The number of fused-ring (bicyclic) bond motifs is 7. The molecule has 0 saturated heterocycles. The lowest BCUT2D eigenvalue weighted by molar-refractivity contribution is 0.668. The molecule has 10 rings (SSSR count). The average molecular weight is 629 g/mol. The number of benzene rings is 7. The van der Waals surface area contributed by atoms with Crippen molar-refractivity contribution in [3.05, 3.63) is 180 Å². The summed E-state index contributed by atoms with van der Waals surface area (Å²) < 4.78 is 8.85. The topological polar surface area (TPSA) is 30.1 Å². The minimum absolute atomic E-state index is 0.868. The van der Waals surface area contributed by atoms with E-state index in [4.69, 9.17) is 4.42 Å².